The Morgan fingerprint density at radius 2 is 2.19 bits per heavy atom. The Kier molecular flexibility index (Phi) is 4.38. The smallest absolute Gasteiger partial charge is 0.0299 e. The largest absolute Gasteiger partial charge is 0.327 e. The van der Waals surface area contributed by atoms with Gasteiger partial charge in [0, 0.05) is 22.3 Å². The average Bonchev–Trinajstić information content (AvgIpc) is 2.89. The van der Waals surface area contributed by atoms with Crippen LogP contribution in [0.4, 0.5) is 0 Å². The van der Waals surface area contributed by atoms with E-state index in [2.05, 4.69) is 24.4 Å². The molecule has 1 fully saturated rings. The zero-order valence-electron chi connectivity index (χ0n) is 10.0. The van der Waals surface area contributed by atoms with Crippen LogP contribution in [0.1, 0.15) is 35.9 Å². The highest BCUT2D eigenvalue weighted by Gasteiger charge is 2.22. The molecule has 1 aliphatic rings. The first kappa shape index (κ1) is 12.1. The molecule has 2 atom stereocenters. The van der Waals surface area contributed by atoms with Gasteiger partial charge < -0.3 is 11.1 Å². The topological polar surface area (TPSA) is 38.0 Å². The Hall–Kier alpha value is -0.380. The second kappa shape index (κ2) is 5.80. The van der Waals surface area contributed by atoms with Crippen molar-refractivity contribution in [2.24, 2.45) is 11.7 Å². The fourth-order valence-corrected chi connectivity index (χ4v) is 3.33. The Balaban J connectivity index is 1.71. The molecule has 1 aromatic rings. The third-order valence-electron chi connectivity index (χ3n) is 3.49. The molecule has 2 nitrogen and oxygen atoms in total. The molecular weight excluding hydrogens is 216 g/mol. The van der Waals surface area contributed by atoms with Crippen LogP contribution < -0.4 is 11.1 Å². The normalized spacial score (nSPS) is 25.1. The number of nitrogens with two attached hydrogens (primary N) is 1. The molecule has 16 heavy (non-hydrogen) atoms. The summed E-state index contributed by atoms with van der Waals surface area (Å²) < 4.78 is 0. The second-order valence-electron chi connectivity index (χ2n) is 4.71. The van der Waals surface area contributed by atoms with Crippen molar-refractivity contribution in [1.29, 1.82) is 0 Å². The number of nitrogens with one attached hydrogen (secondary N) is 1. The van der Waals surface area contributed by atoms with Crippen LogP contribution in [0, 0.1) is 5.92 Å². The van der Waals surface area contributed by atoms with Gasteiger partial charge in [-0.3, -0.25) is 0 Å². The van der Waals surface area contributed by atoms with Crippen molar-refractivity contribution in [2.75, 3.05) is 6.54 Å². The van der Waals surface area contributed by atoms with E-state index in [9.17, 15) is 0 Å². The molecular formula is C13H22N2S. The van der Waals surface area contributed by atoms with Crippen molar-refractivity contribution in [2.45, 2.75) is 45.2 Å². The van der Waals surface area contributed by atoms with Crippen molar-refractivity contribution >= 4 is 11.3 Å². The summed E-state index contributed by atoms with van der Waals surface area (Å²) in [6.07, 6.45) is 4.98. The summed E-state index contributed by atoms with van der Waals surface area (Å²) in [7, 11) is 0. The Labute approximate surface area is 102 Å². The first-order valence-electron chi connectivity index (χ1n) is 6.33. The summed E-state index contributed by atoms with van der Waals surface area (Å²) >= 11 is 1.92. The summed E-state index contributed by atoms with van der Waals surface area (Å²) in [4.78, 5) is 2.93. The molecule has 0 saturated heterocycles. The lowest BCUT2D eigenvalue weighted by Crippen LogP contribution is -2.32. The zero-order valence-corrected chi connectivity index (χ0v) is 10.9. The standard InChI is InChI=1S/C13H22N2S/c1-2-11-6-7-12(16-11)9-15-8-10-4-3-5-13(10)14/h6-7,10,13,15H,2-5,8-9,14H2,1H3. The highest BCUT2D eigenvalue weighted by Crippen LogP contribution is 2.23. The van der Waals surface area contributed by atoms with E-state index in [-0.39, 0.29) is 0 Å². The maximum atomic E-state index is 6.05. The lowest BCUT2D eigenvalue weighted by molar-refractivity contribution is 0.443. The average molecular weight is 238 g/mol. The van der Waals surface area contributed by atoms with Crippen LogP contribution in [0.15, 0.2) is 12.1 Å². The van der Waals surface area contributed by atoms with Crippen LogP contribution in [-0.2, 0) is 13.0 Å². The van der Waals surface area contributed by atoms with Crippen molar-refractivity contribution in [3.8, 4) is 0 Å². The van der Waals surface area contributed by atoms with Gasteiger partial charge in [-0.1, -0.05) is 13.3 Å². The van der Waals surface area contributed by atoms with Crippen LogP contribution in [0.3, 0.4) is 0 Å². The third kappa shape index (κ3) is 3.06. The first-order chi connectivity index (χ1) is 7.79. The number of hydrogen-bond acceptors (Lipinski definition) is 3. The van der Waals surface area contributed by atoms with Crippen molar-refractivity contribution in [1.82, 2.24) is 5.32 Å². The van der Waals surface area contributed by atoms with Gasteiger partial charge in [0.25, 0.3) is 0 Å². The maximum Gasteiger partial charge on any atom is 0.0299 e. The fraction of sp³-hybridized carbons (Fsp3) is 0.692. The van der Waals surface area contributed by atoms with Crippen LogP contribution in [-0.4, -0.2) is 12.6 Å². The van der Waals surface area contributed by atoms with Gasteiger partial charge in [0.1, 0.15) is 0 Å². The van der Waals surface area contributed by atoms with E-state index < -0.39 is 0 Å². The monoisotopic (exact) mass is 238 g/mol. The Morgan fingerprint density at radius 3 is 2.81 bits per heavy atom. The molecule has 2 rings (SSSR count). The second-order valence-corrected chi connectivity index (χ2v) is 5.96. The Morgan fingerprint density at radius 1 is 1.38 bits per heavy atom. The molecule has 0 aliphatic heterocycles. The highest BCUT2D eigenvalue weighted by molar-refractivity contribution is 7.11. The maximum absolute atomic E-state index is 6.05. The number of aryl methyl sites for hydroxylation is 1. The molecule has 0 spiro atoms. The van der Waals surface area contributed by atoms with Gasteiger partial charge in [-0.25, -0.2) is 0 Å². The van der Waals surface area contributed by atoms with Gasteiger partial charge in [0.05, 0.1) is 0 Å². The van der Waals surface area contributed by atoms with E-state index in [1.807, 2.05) is 11.3 Å². The van der Waals surface area contributed by atoms with Gasteiger partial charge in [-0.2, -0.15) is 0 Å². The molecule has 1 aromatic heterocycles. The minimum absolute atomic E-state index is 0.432. The zero-order chi connectivity index (χ0) is 11.4. The van der Waals surface area contributed by atoms with Crippen molar-refractivity contribution in [3.05, 3.63) is 21.9 Å². The summed E-state index contributed by atoms with van der Waals surface area (Å²) in [5.74, 6) is 0.700. The van der Waals surface area contributed by atoms with Gasteiger partial charge >= 0.3 is 0 Å². The minimum atomic E-state index is 0.432. The summed E-state index contributed by atoms with van der Waals surface area (Å²) in [5.41, 5.74) is 6.05. The quantitative estimate of drug-likeness (QED) is 0.827. The van der Waals surface area contributed by atoms with Gasteiger partial charge in [-0.05, 0) is 43.9 Å². The van der Waals surface area contributed by atoms with Gasteiger partial charge in [-0.15, -0.1) is 11.3 Å². The predicted molar refractivity (Wildman–Crippen MR) is 70.7 cm³/mol. The van der Waals surface area contributed by atoms with E-state index in [0.29, 0.717) is 12.0 Å². The van der Waals surface area contributed by atoms with E-state index in [4.69, 9.17) is 5.73 Å². The van der Waals surface area contributed by atoms with E-state index in [1.54, 1.807) is 0 Å². The lowest BCUT2D eigenvalue weighted by Gasteiger charge is -2.15. The van der Waals surface area contributed by atoms with E-state index >= 15 is 0 Å². The van der Waals surface area contributed by atoms with Crippen molar-refractivity contribution in [3.63, 3.8) is 0 Å². The van der Waals surface area contributed by atoms with E-state index in [1.165, 1.54) is 29.0 Å². The van der Waals surface area contributed by atoms with Gasteiger partial charge in [0.2, 0.25) is 0 Å². The molecule has 90 valence electrons. The van der Waals surface area contributed by atoms with Crippen LogP contribution in [0.5, 0.6) is 0 Å². The van der Waals surface area contributed by atoms with E-state index in [0.717, 1.165) is 19.5 Å². The molecule has 0 aromatic carbocycles. The molecule has 3 N–H and O–H groups in total. The number of rotatable bonds is 5. The first-order valence-corrected chi connectivity index (χ1v) is 7.15. The third-order valence-corrected chi connectivity index (χ3v) is 4.72. The van der Waals surface area contributed by atoms with Gasteiger partial charge in [0.15, 0.2) is 0 Å². The van der Waals surface area contributed by atoms with Crippen LogP contribution in [0.2, 0.25) is 0 Å². The van der Waals surface area contributed by atoms with Crippen LogP contribution in [0.25, 0.3) is 0 Å². The highest BCUT2D eigenvalue weighted by atomic mass is 32.1. The van der Waals surface area contributed by atoms with Crippen LogP contribution >= 0.6 is 11.3 Å². The molecule has 0 amide bonds. The number of thiophene rings is 1. The fourth-order valence-electron chi connectivity index (χ4n) is 2.41. The molecule has 0 bridgehead atoms. The summed E-state index contributed by atoms with van der Waals surface area (Å²) in [6.45, 7) is 4.30. The van der Waals surface area contributed by atoms with Crippen molar-refractivity contribution < 1.29 is 0 Å². The molecule has 1 heterocycles. The number of hydrogen-bond donors (Lipinski definition) is 2. The minimum Gasteiger partial charge on any atom is -0.327 e. The molecule has 0 radical (unpaired) electrons. The Bertz CT molecular complexity index is 321. The predicted octanol–water partition coefficient (Wildman–Crippen LogP) is 2.53. The summed E-state index contributed by atoms with van der Waals surface area (Å²) in [5, 5.41) is 3.54. The summed E-state index contributed by atoms with van der Waals surface area (Å²) in [6, 6.07) is 4.91. The molecule has 1 saturated carbocycles. The SMILES string of the molecule is CCc1ccc(CNCC2CCCC2N)s1. The molecule has 1 aliphatic carbocycles. The molecule has 3 heteroatoms. The lowest BCUT2D eigenvalue weighted by atomic mass is 10.1. The molecule has 2 unspecified atom stereocenters.